The predicted octanol–water partition coefficient (Wildman–Crippen LogP) is 3.85. The van der Waals surface area contributed by atoms with Crippen LogP contribution in [0.15, 0.2) is 51.8 Å². The zero-order valence-corrected chi connectivity index (χ0v) is 14.2. The molecule has 0 unspecified atom stereocenters. The van der Waals surface area contributed by atoms with Gasteiger partial charge in [-0.3, -0.25) is 4.57 Å². The van der Waals surface area contributed by atoms with Crippen LogP contribution in [0, 0.1) is 4.77 Å². The molecule has 0 radical (unpaired) electrons. The van der Waals surface area contributed by atoms with E-state index in [-0.39, 0.29) is 0 Å². The summed E-state index contributed by atoms with van der Waals surface area (Å²) in [6, 6.07) is 12.5. The van der Waals surface area contributed by atoms with Crippen molar-refractivity contribution in [3.8, 4) is 5.69 Å². The van der Waals surface area contributed by atoms with E-state index >= 15 is 0 Å². The molecule has 0 saturated carbocycles. The van der Waals surface area contributed by atoms with Gasteiger partial charge in [-0.05, 0) is 54.7 Å². The lowest BCUT2D eigenvalue weighted by Gasteiger charge is -2.06. The fourth-order valence-corrected chi connectivity index (χ4v) is 3.49. The monoisotopic (exact) mass is 382 g/mol. The van der Waals surface area contributed by atoms with Crippen molar-refractivity contribution in [2.24, 2.45) is 0 Å². The van der Waals surface area contributed by atoms with Crippen LogP contribution >= 0.6 is 28.1 Å². The van der Waals surface area contributed by atoms with Gasteiger partial charge in [-0.1, -0.05) is 15.9 Å². The molecule has 3 aromatic rings. The SMILES string of the molecule is CS(=O)(=O)c1ccc(-n2c(=S)[nH]c3cc(Br)ccc32)cc1. The van der Waals surface area contributed by atoms with Crippen LogP contribution in [0.25, 0.3) is 16.7 Å². The molecule has 1 heterocycles. The van der Waals surface area contributed by atoms with E-state index in [2.05, 4.69) is 20.9 Å². The average molecular weight is 383 g/mol. The second-order valence-electron chi connectivity index (χ2n) is 4.69. The number of rotatable bonds is 2. The molecule has 2 aromatic carbocycles. The van der Waals surface area contributed by atoms with Gasteiger partial charge in [0.15, 0.2) is 14.6 Å². The second kappa shape index (κ2) is 5.08. The number of benzene rings is 2. The Morgan fingerprint density at radius 2 is 1.81 bits per heavy atom. The topological polar surface area (TPSA) is 54.9 Å². The molecule has 4 nitrogen and oxygen atoms in total. The summed E-state index contributed by atoms with van der Waals surface area (Å²) in [4.78, 5) is 3.43. The van der Waals surface area contributed by atoms with E-state index in [1.807, 2.05) is 22.8 Å². The molecule has 1 aromatic heterocycles. The Bertz CT molecular complexity index is 986. The molecular weight excluding hydrogens is 372 g/mol. The molecule has 1 N–H and O–H groups in total. The van der Waals surface area contributed by atoms with Crippen LogP contribution in [-0.2, 0) is 9.84 Å². The summed E-state index contributed by atoms with van der Waals surface area (Å²) in [6.45, 7) is 0. The standard InChI is InChI=1S/C14H11BrN2O2S2/c1-21(18,19)11-5-3-10(4-6-11)17-13-7-2-9(15)8-12(13)16-14(17)20/h2-8H,1H3,(H,16,20). The Kier molecular flexibility index (Phi) is 3.51. The molecule has 0 bridgehead atoms. The van der Waals surface area contributed by atoms with Gasteiger partial charge >= 0.3 is 0 Å². The van der Waals surface area contributed by atoms with Gasteiger partial charge in [-0.25, -0.2) is 8.42 Å². The van der Waals surface area contributed by atoms with Gasteiger partial charge in [0.1, 0.15) is 0 Å². The molecular formula is C14H11BrN2O2S2. The van der Waals surface area contributed by atoms with Gasteiger partial charge in [0.25, 0.3) is 0 Å². The Balaban J connectivity index is 2.21. The highest BCUT2D eigenvalue weighted by Crippen LogP contribution is 2.23. The van der Waals surface area contributed by atoms with Gasteiger partial charge < -0.3 is 4.98 Å². The molecule has 3 rings (SSSR count). The first-order chi connectivity index (χ1) is 9.86. The molecule has 7 heteroatoms. The van der Waals surface area contributed by atoms with E-state index in [4.69, 9.17) is 12.2 Å². The lowest BCUT2D eigenvalue weighted by molar-refractivity contribution is 0.602. The van der Waals surface area contributed by atoms with E-state index in [9.17, 15) is 8.42 Å². The number of fused-ring (bicyclic) bond motifs is 1. The van der Waals surface area contributed by atoms with Crippen LogP contribution in [0.5, 0.6) is 0 Å². The van der Waals surface area contributed by atoms with E-state index in [1.54, 1.807) is 24.3 Å². The predicted molar refractivity (Wildman–Crippen MR) is 89.3 cm³/mol. The number of H-pyrrole nitrogens is 1. The summed E-state index contributed by atoms with van der Waals surface area (Å²) < 4.78 is 26.4. The van der Waals surface area contributed by atoms with Gasteiger partial charge in [-0.2, -0.15) is 0 Å². The summed E-state index contributed by atoms with van der Waals surface area (Å²) in [5.41, 5.74) is 2.68. The fourth-order valence-electron chi connectivity index (χ4n) is 2.18. The number of hydrogen-bond acceptors (Lipinski definition) is 3. The van der Waals surface area contributed by atoms with Crippen LogP contribution in [0.1, 0.15) is 0 Å². The van der Waals surface area contributed by atoms with Crippen molar-refractivity contribution >= 4 is 49.0 Å². The number of aromatic amines is 1. The fraction of sp³-hybridized carbons (Fsp3) is 0.0714. The van der Waals surface area contributed by atoms with Crippen LogP contribution in [0.3, 0.4) is 0 Å². The zero-order valence-electron chi connectivity index (χ0n) is 11.0. The zero-order chi connectivity index (χ0) is 15.2. The quantitative estimate of drug-likeness (QED) is 0.684. The van der Waals surface area contributed by atoms with Crippen molar-refractivity contribution in [2.45, 2.75) is 4.90 Å². The Hall–Kier alpha value is -1.44. The van der Waals surface area contributed by atoms with E-state index in [0.29, 0.717) is 9.67 Å². The first kappa shape index (κ1) is 14.5. The van der Waals surface area contributed by atoms with Gasteiger partial charge in [0.2, 0.25) is 0 Å². The number of halogens is 1. The molecule has 0 saturated heterocycles. The Labute approximate surface area is 135 Å². The third kappa shape index (κ3) is 2.68. The molecule has 0 amide bonds. The van der Waals surface area contributed by atoms with Crippen molar-refractivity contribution in [3.05, 3.63) is 51.7 Å². The maximum absolute atomic E-state index is 11.5. The summed E-state index contributed by atoms with van der Waals surface area (Å²) in [5, 5.41) is 0. The smallest absolute Gasteiger partial charge is 0.182 e. The Morgan fingerprint density at radius 1 is 1.14 bits per heavy atom. The number of imidazole rings is 1. The maximum Gasteiger partial charge on any atom is 0.182 e. The highest BCUT2D eigenvalue weighted by Gasteiger charge is 2.10. The lowest BCUT2D eigenvalue weighted by Crippen LogP contribution is -1.98. The van der Waals surface area contributed by atoms with Crippen LogP contribution in [0.2, 0.25) is 0 Å². The van der Waals surface area contributed by atoms with E-state index < -0.39 is 9.84 Å². The van der Waals surface area contributed by atoms with Gasteiger partial charge in [-0.15, -0.1) is 0 Å². The number of sulfone groups is 1. The molecule has 0 aliphatic rings. The van der Waals surface area contributed by atoms with Crippen molar-refractivity contribution < 1.29 is 8.42 Å². The minimum Gasteiger partial charge on any atom is -0.330 e. The number of hydrogen-bond donors (Lipinski definition) is 1. The molecule has 108 valence electrons. The highest BCUT2D eigenvalue weighted by atomic mass is 79.9. The Morgan fingerprint density at radius 3 is 2.43 bits per heavy atom. The van der Waals surface area contributed by atoms with Crippen molar-refractivity contribution in [1.82, 2.24) is 9.55 Å². The highest BCUT2D eigenvalue weighted by molar-refractivity contribution is 9.10. The molecule has 0 spiro atoms. The molecule has 21 heavy (non-hydrogen) atoms. The van der Waals surface area contributed by atoms with E-state index in [0.717, 1.165) is 21.2 Å². The first-order valence-electron chi connectivity index (χ1n) is 6.07. The van der Waals surface area contributed by atoms with Crippen molar-refractivity contribution in [3.63, 3.8) is 0 Å². The summed E-state index contributed by atoms with van der Waals surface area (Å²) in [6.07, 6.45) is 1.19. The number of nitrogens with zero attached hydrogens (tertiary/aromatic N) is 1. The summed E-state index contributed by atoms with van der Waals surface area (Å²) in [7, 11) is -3.20. The van der Waals surface area contributed by atoms with Crippen LogP contribution in [0.4, 0.5) is 0 Å². The molecule has 0 atom stereocenters. The normalized spacial score (nSPS) is 11.9. The van der Waals surface area contributed by atoms with Crippen molar-refractivity contribution in [2.75, 3.05) is 6.26 Å². The summed E-state index contributed by atoms with van der Waals surface area (Å²) in [5.74, 6) is 0. The molecule has 0 fully saturated rings. The lowest BCUT2D eigenvalue weighted by atomic mass is 10.3. The third-order valence-corrected chi connectivity index (χ3v) is 5.07. The summed E-state index contributed by atoms with van der Waals surface area (Å²) >= 11 is 8.78. The average Bonchev–Trinajstić information content (AvgIpc) is 2.73. The molecule has 0 aliphatic carbocycles. The number of aromatic nitrogens is 2. The second-order valence-corrected chi connectivity index (χ2v) is 8.01. The maximum atomic E-state index is 11.5. The first-order valence-corrected chi connectivity index (χ1v) is 9.16. The van der Waals surface area contributed by atoms with Crippen LogP contribution < -0.4 is 0 Å². The van der Waals surface area contributed by atoms with Gasteiger partial charge in [0.05, 0.1) is 15.9 Å². The van der Waals surface area contributed by atoms with E-state index in [1.165, 1.54) is 6.26 Å². The third-order valence-electron chi connectivity index (χ3n) is 3.17. The largest absolute Gasteiger partial charge is 0.330 e. The number of nitrogens with one attached hydrogen (secondary N) is 1. The van der Waals surface area contributed by atoms with Crippen molar-refractivity contribution in [1.29, 1.82) is 0 Å². The molecule has 0 aliphatic heterocycles. The van der Waals surface area contributed by atoms with Gasteiger partial charge in [0, 0.05) is 16.4 Å². The minimum atomic E-state index is -3.20. The minimum absolute atomic E-state index is 0.292. The van der Waals surface area contributed by atoms with Crippen LogP contribution in [-0.4, -0.2) is 24.2 Å².